The van der Waals surface area contributed by atoms with Gasteiger partial charge in [0.2, 0.25) is 5.91 Å². The number of ether oxygens (including phenoxy) is 1. The van der Waals surface area contributed by atoms with Crippen LogP contribution in [0.1, 0.15) is 20.3 Å². The molecule has 0 saturated carbocycles. The van der Waals surface area contributed by atoms with E-state index in [1.807, 2.05) is 50.2 Å². The van der Waals surface area contributed by atoms with Gasteiger partial charge in [0.15, 0.2) is 5.75 Å². The van der Waals surface area contributed by atoms with Crippen molar-refractivity contribution in [3.05, 3.63) is 36.4 Å². The minimum absolute atomic E-state index is 0.00553. The minimum Gasteiger partial charge on any atom is -0.484 e. The Bertz CT molecular complexity index is 631. The first-order valence-electron chi connectivity index (χ1n) is 6.06. The highest BCUT2D eigenvalue weighted by atomic mass is 16.5. The molecule has 1 N–H and O–H groups in total. The van der Waals surface area contributed by atoms with Crippen molar-refractivity contribution >= 4 is 22.4 Å². The van der Waals surface area contributed by atoms with Gasteiger partial charge in [-0.1, -0.05) is 30.3 Å². The summed E-state index contributed by atoms with van der Waals surface area (Å²) in [5.74, 6) is 0.762. The second-order valence-electron chi connectivity index (χ2n) is 5.25. The molecule has 0 aromatic heterocycles. The molecule has 0 atom stereocenters. The number of hydrogen-bond donors (Lipinski definition) is 1. The first kappa shape index (κ1) is 11.1. The third-order valence-electron chi connectivity index (χ3n) is 3.12. The van der Waals surface area contributed by atoms with Crippen molar-refractivity contribution in [1.29, 1.82) is 0 Å². The average Bonchev–Trinajstić information content (AvgIpc) is 2.42. The number of fused-ring (bicyclic) bond motifs is 3. The highest BCUT2D eigenvalue weighted by Crippen LogP contribution is 2.38. The lowest BCUT2D eigenvalue weighted by Gasteiger charge is -2.24. The maximum atomic E-state index is 11.8. The molecular formula is C15H15NO2. The lowest BCUT2D eigenvalue weighted by atomic mass is 10.0. The number of hydrogen-bond acceptors (Lipinski definition) is 2. The first-order valence-corrected chi connectivity index (χ1v) is 6.06. The predicted octanol–water partition coefficient (Wildman–Crippen LogP) is 3.34. The monoisotopic (exact) mass is 241 g/mol. The molecular weight excluding hydrogens is 226 g/mol. The van der Waals surface area contributed by atoms with Crippen LogP contribution in [-0.4, -0.2) is 11.5 Å². The fourth-order valence-corrected chi connectivity index (χ4v) is 2.34. The number of amides is 1. The SMILES string of the molecule is CC1(C)CC(=O)Nc2ccc3ccccc3c2O1. The van der Waals surface area contributed by atoms with Crippen LogP contribution in [0.2, 0.25) is 0 Å². The Balaban J connectivity index is 2.26. The molecule has 1 aliphatic rings. The van der Waals surface area contributed by atoms with Crippen LogP contribution in [-0.2, 0) is 4.79 Å². The normalized spacial score (nSPS) is 17.6. The molecule has 0 bridgehead atoms. The Kier molecular flexibility index (Phi) is 2.30. The van der Waals surface area contributed by atoms with E-state index in [1.54, 1.807) is 0 Å². The van der Waals surface area contributed by atoms with Crippen molar-refractivity contribution < 1.29 is 9.53 Å². The molecule has 0 spiro atoms. The van der Waals surface area contributed by atoms with Gasteiger partial charge in [-0.2, -0.15) is 0 Å². The van der Waals surface area contributed by atoms with Gasteiger partial charge in [-0.3, -0.25) is 4.79 Å². The molecule has 1 aliphatic heterocycles. The van der Waals surface area contributed by atoms with Gasteiger partial charge in [0.05, 0.1) is 12.1 Å². The van der Waals surface area contributed by atoms with E-state index in [0.717, 1.165) is 22.2 Å². The van der Waals surface area contributed by atoms with Gasteiger partial charge in [-0.05, 0) is 25.3 Å². The van der Waals surface area contributed by atoms with Gasteiger partial charge in [0.1, 0.15) is 5.60 Å². The number of nitrogens with one attached hydrogen (secondary N) is 1. The summed E-state index contributed by atoms with van der Waals surface area (Å²) in [6, 6.07) is 11.9. The Morgan fingerprint density at radius 3 is 2.78 bits per heavy atom. The lowest BCUT2D eigenvalue weighted by Crippen LogP contribution is -2.30. The van der Waals surface area contributed by atoms with Crippen LogP contribution in [0.15, 0.2) is 36.4 Å². The minimum atomic E-state index is -0.487. The Labute approximate surface area is 106 Å². The zero-order chi connectivity index (χ0) is 12.8. The molecule has 18 heavy (non-hydrogen) atoms. The standard InChI is InChI=1S/C15H15NO2/c1-15(2)9-13(17)16-12-8-7-10-5-3-4-6-11(10)14(12)18-15/h3-8H,9H2,1-2H3,(H,16,17). The summed E-state index contributed by atoms with van der Waals surface area (Å²) in [6.45, 7) is 3.87. The van der Waals surface area contributed by atoms with E-state index in [9.17, 15) is 4.79 Å². The van der Waals surface area contributed by atoms with Crippen LogP contribution in [0.5, 0.6) is 5.75 Å². The third kappa shape index (κ3) is 1.82. The molecule has 3 rings (SSSR count). The maximum Gasteiger partial charge on any atom is 0.228 e. The van der Waals surface area contributed by atoms with E-state index < -0.39 is 5.60 Å². The molecule has 0 unspecified atom stereocenters. The largest absolute Gasteiger partial charge is 0.484 e. The van der Waals surface area contributed by atoms with E-state index in [4.69, 9.17) is 4.74 Å². The zero-order valence-electron chi connectivity index (χ0n) is 10.5. The van der Waals surface area contributed by atoms with Crippen molar-refractivity contribution in [3.8, 4) is 5.75 Å². The molecule has 0 saturated heterocycles. The average molecular weight is 241 g/mol. The van der Waals surface area contributed by atoms with E-state index in [-0.39, 0.29) is 5.91 Å². The summed E-state index contributed by atoms with van der Waals surface area (Å²) in [7, 11) is 0. The van der Waals surface area contributed by atoms with Gasteiger partial charge >= 0.3 is 0 Å². The summed E-state index contributed by atoms with van der Waals surface area (Å²) in [6.07, 6.45) is 0.357. The number of benzene rings is 2. The smallest absolute Gasteiger partial charge is 0.228 e. The second kappa shape index (κ2) is 3.73. The van der Waals surface area contributed by atoms with Gasteiger partial charge in [0.25, 0.3) is 0 Å². The van der Waals surface area contributed by atoms with Gasteiger partial charge in [0, 0.05) is 5.39 Å². The predicted molar refractivity (Wildman–Crippen MR) is 71.9 cm³/mol. The van der Waals surface area contributed by atoms with E-state index in [1.165, 1.54) is 0 Å². The molecule has 92 valence electrons. The summed E-state index contributed by atoms with van der Waals surface area (Å²) in [5, 5.41) is 5.05. The molecule has 2 aromatic carbocycles. The first-order chi connectivity index (χ1) is 8.55. The number of rotatable bonds is 0. The quantitative estimate of drug-likeness (QED) is 0.768. The van der Waals surface area contributed by atoms with Crippen molar-refractivity contribution in [1.82, 2.24) is 0 Å². The van der Waals surface area contributed by atoms with Crippen LogP contribution in [0.25, 0.3) is 10.8 Å². The van der Waals surface area contributed by atoms with Crippen LogP contribution in [0.4, 0.5) is 5.69 Å². The molecule has 0 fully saturated rings. The van der Waals surface area contributed by atoms with Crippen molar-refractivity contribution in [2.75, 3.05) is 5.32 Å². The molecule has 3 nitrogen and oxygen atoms in total. The van der Waals surface area contributed by atoms with E-state index >= 15 is 0 Å². The lowest BCUT2D eigenvalue weighted by molar-refractivity contribution is -0.118. The summed E-state index contributed by atoms with van der Waals surface area (Å²) < 4.78 is 6.04. The topological polar surface area (TPSA) is 38.3 Å². The fourth-order valence-electron chi connectivity index (χ4n) is 2.34. The van der Waals surface area contributed by atoms with Crippen LogP contribution in [0.3, 0.4) is 0 Å². The summed E-state index contributed by atoms with van der Waals surface area (Å²) >= 11 is 0. The third-order valence-corrected chi connectivity index (χ3v) is 3.12. The van der Waals surface area contributed by atoms with Crippen LogP contribution < -0.4 is 10.1 Å². The molecule has 1 amide bonds. The zero-order valence-corrected chi connectivity index (χ0v) is 10.5. The second-order valence-corrected chi connectivity index (χ2v) is 5.25. The fraction of sp³-hybridized carbons (Fsp3) is 0.267. The van der Waals surface area contributed by atoms with Crippen LogP contribution >= 0.6 is 0 Å². The number of carbonyl (C=O) groups is 1. The Morgan fingerprint density at radius 1 is 1.17 bits per heavy atom. The highest BCUT2D eigenvalue weighted by Gasteiger charge is 2.29. The summed E-state index contributed by atoms with van der Waals surface area (Å²) in [5.41, 5.74) is 0.267. The summed E-state index contributed by atoms with van der Waals surface area (Å²) in [4.78, 5) is 11.8. The van der Waals surface area contributed by atoms with Crippen LogP contribution in [0, 0.1) is 0 Å². The highest BCUT2D eigenvalue weighted by molar-refractivity contribution is 6.00. The number of carbonyl (C=O) groups excluding carboxylic acids is 1. The Morgan fingerprint density at radius 2 is 1.94 bits per heavy atom. The van der Waals surface area contributed by atoms with Gasteiger partial charge < -0.3 is 10.1 Å². The molecule has 3 heteroatoms. The van der Waals surface area contributed by atoms with E-state index in [2.05, 4.69) is 5.32 Å². The molecule has 1 heterocycles. The molecule has 0 radical (unpaired) electrons. The van der Waals surface area contributed by atoms with Crippen molar-refractivity contribution in [2.24, 2.45) is 0 Å². The Hall–Kier alpha value is -2.03. The molecule has 0 aliphatic carbocycles. The number of anilines is 1. The molecule has 2 aromatic rings. The van der Waals surface area contributed by atoms with E-state index in [0.29, 0.717) is 6.42 Å². The van der Waals surface area contributed by atoms with Gasteiger partial charge in [-0.25, -0.2) is 0 Å². The van der Waals surface area contributed by atoms with Crippen molar-refractivity contribution in [2.45, 2.75) is 25.9 Å². The van der Waals surface area contributed by atoms with Gasteiger partial charge in [-0.15, -0.1) is 0 Å². The van der Waals surface area contributed by atoms with Crippen molar-refractivity contribution in [3.63, 3.8) is 0 Å². The maximum absolute atomic E-state index is 11.8.